The van der Waals surface area contributed by atoms with Crippen molar-refractivity contribution in [1.82, 2.24) is 0 Å². The molecule has 1 heterocycles. The zero-order chi connectivity index (χ0) is 13.0. The van der Waals surface area contributed by atoms with Gasteiger partial charge in [0.15, 0.2) is 5.78 Å². The lowest BCUT2D eigenvalue weighted by molar-refractivity contribution is 0.0944. The molecule has 0 aromatic carbocycles. The van der Waals surface area contributed by atoms with Gasteiger partial charge in [-0.1, -0.05) is 25.5 Å². The number of ketones is 1. The molecule has 0 unspecified atom stereocenters. The quantitative estimate of drug-likeness (QED) is 0.622. The Balaban J connectivity index is 2.75. The van der Waals surface area contributed by atoms with Crippen LogP contribution in [0.1, 0.15) is 37.4 Å². The molecule has 0 aliphatic carbocycles. The van der Waals surface area contributed by atoms with E-state index < -0.39 is 0 Å². The van der Waals surface area contributed by atoms with Crippen LogP contribution >= 0.6 is 11.3 Å². The lowest BCUT2D eigenvalue weighted by atomic mass is 10.1. The van der Waals surface area contributed by atoms with Crippen molar-refractivity contribution in [3.8, 4) is 0 Å². The SMILES string of the molecule is CC(C)=CCNc1cc(N)c(C(=O)C(C)C)s1. The fourth-order valence-corrected chi connectivity index (χ4v) is 2.38. The molecule has 0 spiro atoms. The first-order valence-corrected chi connectivity index (χ1v) is 6.54. The van der Waals surface area contributed by atoms with Gasteiger partial charge in [0.1, 0.15) is 0 Å². The number of Topliss-reactive ketones (excluding diaryl/α,β-unsaturated/α-hetero) is 1. The second kappa shape index (κ2) is 5.87. The van der Waals surface area contributed by atoms with Crippen molar-refractivity contribution in [3.05, 3.63) is 22.6 Å². The van der Waals surface area contributed by atoms with Crippen molar-refractivity contribution in [1.29, 1.82) is 0 Å². The Morgan fingerprint density at radius 3 is 2.71 bits per heavy atom. The van der Waals surface area contributed by atoms with Crippen molar-refractivity contribution >= 4 is 27.8 Å². The Labute approximate surface area is 107 Å². The minimum absolute atomic E-state index is 0.0124. The van der Waals surface area contributed by atoms with Crippen molar-refractivity contribution in [3.63, 3.8) is 0 Å². The van der Waals surface area contributed by atoms with E-state index in [-0.39, 0.29) is 11.7 Å². The molecule has 0 saturated carbocycles. The summed E-state index contributed by atoms with van der Waals surface area (Å²) in [6.07, 6.45) is 2.10. The first kappa shape index (κ1) is 13.8. The van der Waals surface area contributed by atoms with Crippen LogP contribution in [-0.2, 0) is 0 Å². The van der Waals surface area contributed by atoms with Crippen LogP contribution in [0.25, 0.3) is 0 Å². The van der Waals surface area contributed by atoms with Crippen molar-refractivity contribution < 1.29 is 4.79 Å². The van der Waals surface area contributed by atoms with Gasteiger partial charge in [0, 0.05) is 12.5 Å². The molecule has 0 bridgehead atoms. The summed E-state index contributed by atoms with van der Waals surface area (Å²) in [5, 5.41) is 4.19. The Morgan fingerprint density at radius 1 is 1.53 bits per heavy atom. The molecular weight excluding hydrogens is 232 g/mol. The predicted octanol–water partition coefficient (Wildman–Crippen LogP) is 3.55. The number of nitrogens with two attached hydrogens (primary N) is 1. The normalized spacial score (nSPS) is 10.4. The minimum Gasteiger partial charge on any atom is -0.397 e. The molecule has 1 rings (SSSR count). The predicted molar refractivity (Wildman–Crippen MR) is 75.8 cm³/mol. The van der Waals surface area contributed by atoms with Crippen LogP contribution in [-0.4, -0.2) is 12.3 Å². The molecule has 0 radical (unpaired) electrons. The Morgan fingerprint density at radius 2 is 2.18 bits per heavy atom. The monoisotopic (exact) mass is 252 g/mol. The van der Waals surface area contributed by atoms with Gasteiger partial charge in [-0.15, -0.1) is 11.3 Å². The minimum atomic E-state index is -0.0124. The van der Waals surface area contributed by atoms with E-state index in [2.05, 4.69) is 25.2 Å². The number of carbonyl (C=O) groups is 1. The summed E-state index contributed by atoms with van der Waals surface area (Å²) in [4.78, 5) is 12.5. The average Bonchev–Trinajstić information content (AvgIpc) is 2.58. The maximum Gasteiger partial charge on any atom is 0.177 e. The molecule has 3 nitrogen and oxygen atoms in total. The van der Waals surface area contributed by atoms with Crippen molar-refractivity contribution in [2.45, 2.75) is 27.7 Å². The van der Waals surface area contributed by atoms with E-state index in [0.717, 1.165) is 11.5 Å². The summed E-state index contributed by atoms with van der Waals surface area (Å²) >= 11 is 1.43. The first-order chi connectivity index (χ1) is 7.91. The van der Waals surface area contributed by atoms with Gasteiger partial charge in [0.05, 0.1) is 15.6 Å². The number of hydrogen-bond acceptors (Lipinski definition) is 4. The highest BCUT2D eigenvalue weighted by Crippen LogP contribution is 2.31. The van der Waals surface area contributed by atoms with E-state index in [1.54, 1.807) is 0 Å². The van der Waals surface area contributed by atoms with Gasteiger partial charge >= 0.3 is 0 Å². The van der Waals surface area contributed by atoms with Gasteiger partial charge in [0.2, 0.25) is 0 Å². The summed E-state index contributed by atoms with van der Waals surface area (Å²) in [5.41, 5.74) is 7.69. The van der Waals surface area contributed by atoms with Crippen LogP contribution in [0.3, 0.4) is 0 Å². The van der Waals surface area contributed by atoms with E-state index in [1.807, 2.05) is 19.9 Å². The molecular formula is C13H20N2OS. The second-order valence-corrected chi connectivity index (χ2v) is 5.63. The number of allylic oxidation sites excluding steroid dienone is 1. The molecule has 0 aliphatic rings. The zero-order valence-corrected chi connectivity index (χ0v) is 11.6. The van der Waals surface area contributed by atoms with E-state index in [9.17, 15) is 4.79 Å². The van der Waals surface area contributed by atoms with Crippen LogP contribution in [0.2, 0.25) is 0 Å². The molecule has 17 heavy (non-hydrogen) atoms. The van der Waals surface area contributed by atoms with E-state index >= 15 is 0 Å². The number of hydrogen-bond donors (Lipinski definition) is 2. The molecule has 4 heteroatoms. The van der Waals surface area contributed by atoms with E-state index in [0.29, 0.717) is 10.6 Å². The van der Waals surface area contributed by atoms with Gasteiger partial charge in [-0.2, -0.15) is 0 Å². The van der Waals surface area contributed by atoms with Gasteiger partial charge < -0.3 is 11.1 Å². The highest BCUT2D eigenvalue weighted by Gasteiger charge is 2.16. The van der Waals surface area contributed by atoms with Gasteiger partial charge in [-0.05, 0) is 19.9 Å². The smallest absolute Gasteiger partial charge is 0.177 e. The number of anilines is 2. The van der Waals surface area contributed by atoms with Crippen LogP contribution in [0.4, 0.5) is 10.7 Å². The molecule has 0 atom stereocenters. The molecule has 3 N–H and O–H groups in total. The first-order valence-electron chi connectivity index (χ1n) is 5.72. The topological polar surface area (TPSA) is 55.1 Å². The third-order valence-electron chi connectivity index (χ3n) is 2.30. The maximum absolute atomic E-state index is 11.9. The third-order valence-corrected chi connectivity index (χ3v) is 3.42. The van der Waals surface area contributed by atoms with Crippen LogP contribution < -0.4 is 11.1 Å². The molecule has 0 aliphatic heterocycles. The van der Waals surface area contributed by atoms with Crippen molar-refractivity contribution in [2.75, 3.05) is 17.6 Å². The fourth-order valence-electron chi connectivity index (χ4n) is 1.30. The fraction of sp³-hybridized carbons (Fsp3) is 0.462. The largest absolute Gasteiger partial charge is 0.397 e. The Kier molecular flexibility index (Phi) is 4.75. The highest BCUT2D eigenvalue weighted by atomic mass is 32.1. The number of thiophene rings is 1. The lowest BCUT2D eigenvalue weighted by Gasteiger charge is -2.01. The lowest BCUT2D eigenvalue weighted by Crippen LogP contribution is -2.07. The highest BCUT2D eigenvalue weighted by molar-refractivity contribution is 7.18. The summed E-state index contributed by atoms with van der Waals surface area (Å²) in [6.45, 7) is 8.64. The van der Waals surface area contributed by atoms with Crippen LogP contribution in [0.5, 0.6) is 0 Å². The van der Waals surface area contributed by atoms with E-state index in [1.165, 1.54) is 16.9 Å². The second-order valence-electron chi connectivity index (χ2n) is 4.58. The Hall–Kier alpha value is -1.29. The Bertz CT molecular complexity index is 429. The summed E-state index contributed by atoms with van der Waals surface area (Å²) in [7, 11) is 0. The standard InChI is InChI=1S/C13H20N2OS/c1-8(2)5-6-15-11-7-10(14)13(17-11)12(16)9(3)4/h5,7,9,15H,6,14H2,1-4H3. The van der Waals surface area contributed by atoms with Gasteiger partial charge in [-0.25, -0.2) is 0 Å². The molecule has 94 valence electrons. The molecule has 0 saturated heterocycles. The number of carbonyl (C=O) groups excluding carboxylic acids is 1. The molecule has 0 fully saturated rings. The summed E-state index contributed by atoms with van der Waals surface area (Å²) in [5.74, 6) is 0.101. The van der Waals surface area contributed by atoms with Gasteiger partial charge in [-0.3, -0.25) is 4.79 Å². The third kappa shape index (κ3) is 3.89. The number of nitrogens with one attached hydrogen (secondary N) is 1. The molecule has 1 aromatic heterocycles. The zero-order valence-electron chi connectivity index (χ0n) is 10.8. The summed E-state index contributed by atoms with van der Waals surface area (Å²) < 4.78 is 0. The van der Waals surface area contributed by atoms with Crippen molar-refractivity contribution in [2.24, 2.45) is 5.92 Å². The van der Waals surface area contributed by atoms with Gasteiger partial charge in [0.25, 0.3) is 0 Å². The average molecular weight is 252 g/mol. The van der Waals surface area contributed by atoms with E-state index in [4.69, 9.17) is 5.73 Å². The summed E-state index contributed by atoms with van der Waals surface area (Å²) in [6, 6.07) is 1.83. The maximum atomic E-state index is 11.9. The number of rotatable bonds is 5. The van der Waals surface area contributed by atoms with Crippen LogP contribution in [0.15, 0.2) is 17.7 Å². The number of nitrogen functional groups attached to an aromatic ring is 1. The molecule has 1 aromatic rings. The molecule has 0 amide bonds. The van der Waals surface area contributed by atoms with Crippen LogP contribution in [0, 0.1) is 5.92 Å².